The van der Waals surface area contributed by atoms with E-state index in [2.05, 4.69) is 0 Å². The molecule has 0 radical (unpaired) electrons. The van der Waals surface area contributed by atoms with Crippen LogP contribution in [0.5, 0.6) is 5.75 Å². The van der Waals surface area contributed by atoms with Crippen LogP contribution in [0.2, 0.25) is 0 Å². The number of hydrogen-bond acceptors (Lipinski definition) is 3. The first-order valence-electron chi connectivity index (χ1n) is 5.52. The van der Waals surface area contributed by atoms with Crippen molar-refractivity contribution in [1.29, 1.82) is 0 Å². The van der Waals surface area contributed by atoms with E-state index in [1.165, 1.54) is 28.8 Å². The Bertz CT molecular complexity index is 671. The lowest BCUT2D eigenvalue weighted by atomic mass is 10.2. The summed E-state index contributed by atoms with van der Waals surface area (Å²) < 4.78 is 2.53. The SMILES string of the molecule is Cc1c(C)n(C)c(=O)n(-c2ccc(O)cc2)c1=O. The Hall–Kier alpha value is -2.30. The van der Waals surface area contributed by atoms with E-state index >= 15 is 0 Å². The highest BCUT2D eigenvalue weighted by Gasteiger charge is 2.12. The molecule has 94 valence electrons. The maximum absolute atomic E-state index is 12.1. The third kappa shape index (κ3) is 1.73. The molecule has 1 heterocycles. The lowest BCUT2D eigenvalue weighted by Crippen LogP contribution is -2.40. The van der Waals surface area contributed by atoms with Crippen LogP contribution in [0.1, 0.15) is 11.3 Å². The minimum absolute atomic E-state index is 0.0902. The number of aromatic hydroxyl groups is 1. The Balaban J connectivity index is 2.84. The predicted molar refractivity (Wildman–Crippen MR) is 68.4 cm³/mol. The van der Waals surface area contributed by atoms with Gasteiger partial charge in [0, 0.05) is 18.3 Å². The molecule has 0 bridgehead atoms. The number of hydrogen-bond donors (Lipinski definition) is 1. The molecule has 2 rings (SSSR count). The highest BCUT2D eigenvalue weighted by molar-refractivity contribution is 5.37. The van der Waals surface area contributed by atoms with E-state index in [-0.39, 0.29) is 11.3 Å². The topological polar surface area (TPSA) is 64.2 Å². The lowest BCUT2D eigenvalue weighted by Gasteiger charge is -2.12. The van der Waals surface area contributed by atoms with Crippen molar-refractivity contribution in [2.45, 2.75) is 13.8 Å². The summed E-state index contributed by atoms with van der Waals surface area (Å²) in [6, 6.07) is 5.95. The van der Waals surface area contributed by atoms with Crippen LogP contribution in [0.15, 0.2) is 33.9 Å². The van der Waals surface area contributed by atoms with E-state index in [9.17, 15) is 14.7 Å². The van der Waals surface area contributed by atoms with Gasteiger partial charge in [-0.05, 0) is 38.1 Å². The molecule has 5 heteroatoms. The van der Waals surface area contributed by atoms with E-state index in [1.54, 1.807) is 20.9 Å². The molecule has 5 nitrogen and oxygen atoms in total. The van der Waals surface area contributed by atoms with Crippen molar-refractivity contribution < 1.29 is 5.11 Å². The monoisotopic (exact) mass is 246 g/mol. The quantitative estimate of drug-likeness (QED) is 0.811. The molecule has 0 aliphatic heterocycles. The second-order valence-corrected chi connectivity index (χ2v) is 4.21. The van der Waals surface area contributed by atoms with Crippen LogP contribution in [0.25, 0.3) is 5.69 Å². The van der Waals surface area contributed by atoms with E-state index in [4.69, 9.17) is 0 Å². The summed E-state index contributed by atoms with van der Waals surface area (Å²) in [6.07, 6.45) is 0. The highest BCUT2D eigenvalue weighted by Crippen LogP contribution is 2.11. The first-order chi connectivity index (χ1) is 8.43. The zero-order chi connectivity index (χ0) is 13.4. The fourth-order valence-electron chi connectivity index (χ4n) is 1.78. The van der Waals surface area contributed by atoms with Crippen LogP contribution >= 0.6 is 0 Å². The largest absolute Gasteiger partial charge is 0.508 e. The summed E-state index contributed by atoms with van der Waals surface area (Å²) in [5.41, 5.74) is 0.904. The molecule has 2 aromatic rings. The van der Waals surface area contributed by atoms with Gasteiger partial charge in [0.15, 0.2) is 0 Å². The summed E-state index contributed by atoms with van der Waals surface area (Å²) in [5, 5.41) is 9.22. The molecular weight excluding hydrogens is 232 g/mol. The smallest absolute Gasteiger partial charge is 0.335 e. The fourth-order valence-corrected chi connectivity index (χ4v) is 1.78. The van der Waals surface area contributed by atoms with Gasteiger partial charge in [-0.1, -0.05) is 0 Å². The second-order valence-electron chi connectivity index (χ2n) is 4.21. The molecule has 0 spiro atoms. The summed E-state index contributed by atoms with van der Waals surface area (Å²) in [6.45, 7) is 3.42. The molecule has 0 saturated carbocycles. The average molecular weight is 246 g/mol. The van der Waals surface area contributed by atoms with Gasteiger partial charge >= 0.3 is 5.69 Å². The van der Waals surface area contributed by atoms with Crippen molar-refractivity contribution in [3.8, 4) is 11.4 Å². The van der Waals surface area contributed by atoms with Gasteiger partial charge < -0.3 is 9.67 Å². The van der Waals surface area contributed by atoms with Crippen molar-refractivity contribution in [2.75, 3.05) is 0 Å². The van der Waals surface area contributed by atoms with E-state index in [0.717, 1.165) is 4.57 Å². The Kier molecular flexibility index (Phi) is 2.82. The van der Waals surface area contributed by atoms with Crippen LogP contribution in [0.3, 0.4) is 0 Å². The van der Waals surface area contributed by atoms with Gasteiger partial charge in [0.05, 0.1) is 5.69 Å². The van der Waals surface area contributed by atoms with Crippen molar-refractivity contribution in [3.05, 3.63) is 56.4 Å². The molecule has 0 aliphatic rings. The van der Waals surface area contributed by atoms with Gasteiger partial charge in [-0.15, -0.1) is 0 Å². The maximum Gasteiger partial charge on any atom is 0.335 e. The fraction of sp³-hybridized carbons (Fsp3) is 0.231. The van der Waals surface area contributed by atoms with Gasteiger partial charge in [-0.2, -0.15) is 0 Å². The Labute approximate surface area is 104 Å². The highest BCUT2D eigenvalue weighted by atomic mass is 16.3. The molecule has 0 atom stereocenters. The second kappa shape index (κ2) is 4.18. The van der Waals surface area contributed by atoms with Crippen molar-refractivity contribution in [1.82, 2.24) is 9.13 Å². The zero-order valence-corrected chi connectivity index (χ0v) is 10.5. The van der Waals surface area contributed by atoms with Crippen molar-refractivity contribution in [2.24, 2.45) is 7.05 Å². The number of benzene rings is 1. The molecule has 0 fully saturated rings. The molecule has 0 amide bonds. The maximum atomic E-state index is 12.1. The third-order valence-electron chi connectivity index (χ3n) is 3.16. The molecular formula is C13H14N2O3. The van der Waals surface area contributed by atoms with Gasteiger partial charge in [0.2, 0.25) is 0 Å². The summed E-state index contributed by atoms with van der Waals surface area (Å²) in [7, 11) is 1.63. The van der Waals surface area contributed by atoms with Gasteiger partial charge in [0.1, 0.15) is 5.75 Å². The first kappa shape index (κ1) is 12.2. The van der Waals surface area contributed by atoms with Gasteiger partial charge in [0.25, 0.3) is 5.56 Å². The third-order valence-corrected chi connectivity index (χ3v) is 3.16. The van der Waals surface area contributed by atoms with Crippen LogP contribution < -0.4 is 11.2 Å². The Morgan fingerprint density at radius 1 is 1.06 bits per heavy atom. The normalized spacial score (nSPS) is 10.6. The van der Waals surface area contributed by atoms with Crippen molar-refractivity contribution in [3.63, 3.8) is 0 Å². The summed E-state index contributed by atoms with van der Waals surface area (Å²) in [5.74, 6) is 0.0902. The number of rotatable bonds is 1. The van der Waals surface area contributed by atoms with E-state index in [1.807, 2.05) is 0 Å². The molecule has 0 unspecified atom stereocenters. The average Bonchev–Trinajstić information content (AvgIpc) is 2.36. The standard InChI is InChI=1S/C13H14N2O3/c1-8-9(2)14(3)13(18)15(12(8)17)10-4-6-11(16)7-5-10/h4-7,16H,1-3H3. The molecule has 1 aromatic heterocycles. The minimum Gasteiger partial charge on any atom is -0.508 e. The van der Waals surface area contributed by atoms with Crippen LogP contribution in [-0.4, -0.2) is 14.2 Å². The summed E-state index contributed by atoms with van der Waals surface area (Å²) >= 11 is 0. The minimum atomic E-state index is -0.395. The number of aromatic nitrogens is 2. The van der Waals surface area contributed by atoms with Crippen LogP contribution in [0.4, 0.5) is 0 Å². The molecule has 1 aromatic carbocycles. The van der Waals surface area contributed by atoms with Gasteiger partial charge in [-0.3, -0.25) is 4.79 Å². The molecule has 1 N–H and O–H groups in total. The molecule has 0 aliphatic carbocycles. The summed E-state index contributed by atoms with van der Waals surface area (Å²) in [4.78, 5) is 24.2. The van der Waals surface area contributed by atoms with E-state index < -0.39 is 5.69 Å². The van der Waals surface area contributed by atoms with Gasteiger partial charge in [-0.25, -0.2) is 9.36 Å². The predicted octanol–water partition coefficient (Wildman–Crippen LogP) is 0.859. The van der Waals surface area contributed by atoms with Crippen molar-refractivity contribution >= 4 is 0 Å². The first-order valence-corrected chi connectivity index (χ1v) is 5.52. The zero-order valence-electron chi connectivity index (χ0n) is 10.5. The number of nitrogens with zero attached hydrogens (tertiary/aromatic N) is 2. The Morgan fingerprint density at radius 3 is 2.17 bits per heavy atom. The van der Waals surface area contributed by atoms with Crippen LogP contribution in [0, 0.1) is 13.8 Å². The molecule has 0 saturated heterocycles. The number of phenols is 1. The van der Waals surface area contributed by atoms with Crippen LogP contribution in [-0.2, 0) is 7.05 Å². The molecule has 18 heavy (non-hydrogen) atoms. The number of phenolic OH excluding ortho intramolecular Hbond substituents is 1. The van der Waals surface area contributed by atoms with E-state index in [0.29, 0.717) is 16.9 Å². The Morgan fingerprint density at radius 2 is 1.61 bits per heavy atom. The lowest BCUT2D eigenvalue weighted by molar-refractivity contribution is 0.475.